The fourth-order valence-electron chi connectivity index (χ4n) is 2.48. The highest BCUT2D eigenvalue weighted by atomic mass is 32.2. The van der Waals surface area contributed by atoms with Crippen LogP contribution in [0.1, 0.15) is 27.4 Å². The number of benzene rings is 1. The van der Waals surface area contributed by atoms with Crippen molar-refractivity contribution in [3.63, 3.8) is 0 Å². The highest BCUT2D eigenvalue weighted by Crippen LogP contribution is 2.28. The number of carbonyl (C=O) groups is 1. The van der Waals surface area contributed by atoms with Gasteiger partial charge in [-0.25, -0.2) is 4.98 Å². The van der Waals surface area contributed by atoms with Gasteiger partial charge in [0.15, 0.2) is 9.99 Å². The van der Waals surface area contributed by atoms with Gasteiger partial charge < -0.3 is 4.52 Å². The molecule has 1 aromatic carbocycles. The lowest BCUT2D eigenvalue weighted by Gasteiger charge is -2.01. The van der Waals surface area contributed by atoms with E-state index in [-0.39, 0.29) is 11.5 Å². The van der Waals surface area contributed by atoms with Gasteiger partial charge >= 0.3 is 0 Å². The predicted molar refractivity (Wildman–Crippen MR) is 107 cm³/mol. The van der Waals surface area contributed by atoms with Crippen molar-refractivity contribution in [2.75, 3.05) is 5.32 Å². The minimum atomic E-state index is -0.267. The van der Waals surface area contributed by atoms with Crippen LogP contribution in [0, 0.1) is 13.8 Å². The van der Waals surface area contributed by atoms with E-state index in [1.165, 1.54) is 29.2 Å². The van der Waals surface area contributed by atoms with Crippen molar-refractivity contribution in [2.24, 2.45) is 0 Å². The maximum atomic E-state index is 12.2. The van der Waals surface area contributed by atoms with Crippen molar-refractivity contribution in [3.05, 3.63) is 69.3 Å². The summed E-state index contributed by atoms with van der Waals surface area (Å²) >= 11 is 2.66. The smallest absolute Gasteiger partial charge is 0.287 e. The van der Waals surface area contributed by atoms with Gasteiger partial charge in [0, 0.05) is 23.4 Å². The lowest BCUT2D eigenvalue weighted by Crippen LogP contribution is -2.12. The molecule has 0 bridgehead atoms. The van der Waals surface area contributed by atoms with Gasteiger partial charge in [0.2, 0.25) is 5.13 Å². The second-order valence-corrected chi connectivity index (χ2v) is 8.27. The normalized spacial score (nSPS) is 11.1. The van der Waals surface area contributed by atoms with Crippen molar-refractivity contribution in [1.29, 1.82) is 0 Å². The molecule has 0 saturated carbocycles. The van der Waals surface area contributed by atoms with E-state index in [0.717, 1.165) is 10.1 Å². The minimum Gasteiger partial charge on any atom is -0.375 e. The number of carbonyl (C=O) groups excluding carboxylic acids is 1. The zero-order valence-corrected chi connectivity index (χ0v) is 16.6. The molecule has 0 aliphatic heterocycles. The first-order valence-corrected chi connectivity index (χ1v) is 10.1. The molecule has 0 aliphatic rings. The summed E-state index contributed by atoms with van der Waals surface area (Å²) in [5.41, 5.74) is 2.48. The van der Waals surface area contributed by atoms with Crippen molar-refractivity contribution in [3.8, 4) is 0 Å². The van der Waals surface area contributed by atoms with E-state index in [0.29, 0.717) is 37.9 Å². The molecule has 0 unspecified atom stereocenters. The van der Waals surface area contributed by atoms with Crippen molar-refractivity contribution >= 4 is 39.8 Å². The van der Waals surface area contributed by atoms with Gasteiger partial charge in [-0.1, -0.05) is 40.8 Å². The zero-order chi connectivity index (χ0) is 19.7. The van der Waals surface area contributed by atoms with Crippen LogP contribution >= 0.6 is 23.1 Å². The zero-order valence-electron chi connectivity index (χ0n) is 15.0. The highest BCUT2D eigenvalue weighted by molar-refractivity contribution is 8.00. The molecule has 0 fully saturated rings. The quantitative estimate of drug-likeness (QED) is 0.395. The number of hydrogen-bond acceptors (Lipinski definition) is 8. The standard InChI is InChI=1S/C18H15N5O3S2/c1-10-3-5-12(6-4-10)16(25)20-17-21-22-18(28-17)27-9-13-8-15(24)23-14(19-13)7-11(2)26-23/h3-8H,9H2,1-2H3,(H,20,21,25). The number of aryl methyl sites for hydroxylation is 2. The Morgan fingerprint density at radius 3 is 2.79 bits per heavy atom. The van der Waals surface area contributed by atoms with Crippen LogP contribution in [0.3, 0.4) is 0 Å². The number of aromatic nitrogens is 4. The molecule has 28 heavy (non-hydrogen) atoms. The number of anilines is 1. The highest BCUT2D eigenvalue weighted by Gasteiger charge is 2.12. The number of thioether (sulfide) groups is 1. The molecule has 0 aliphatic carbocycles. The van der Waals surface area contributed by atoms with E-state index in [4.69, 9.17) is 4.52 Å². The first-order chi connectivity index (χ1) is 13.5. The maximum absolute atomic E-state index is 12.2. The molecule has 0 saturated heterocycles. The Hall–Kier alpha value is -2.98. The Kier molecular flexibility index (Phi) is 4.97. The van der Waals surface area contributed by atoms with Crippen LogP contribution < -0.4 is 10.9 Å². The van der Waals surface area contributed by atoms with Crippen LogP contribution in [-0.4, -0.2) is 25.7 Å². The second kappa shape index (κ2) is 7.56. The summed E-state index contributed by atoms with van der Waals surface area (Å²) < 4.78 is 7.10. The fourth-order valence-corrected chi connectivity index (χ4v) is 4.12. The number of amides is 1. The molecule has 0 atom stereocenters. The van der Waals surface area contributed by atoms with E-state index in [1.807, 2.05) is 19.1 Å². The Morgan fingerprint density at radius 1 is 1.21 bits per heavy atom. The molecule has 1 amide bonds. The Labute approximate surface area is 167 Å². The molecular weight excluding hydrogens is 398 g/mol. The van der Waals surface area contributed by atoms with Gasteiger partial charge in [-0.2, -0.15) is 0 Å². The molecule has 3 heterocycles. The molecule has 8 nitrogen and oxygen atoms in total. The van der Waals surface area contributed by atoms with Gasteiger partial charge in [0.25, 0.3) is 11.5 Å². The number of nitrogens with zero attached hydrogens (tertiary/aromatic N) is 4. The van der Waals surface area contributed by atoms with Crippen LogP contribution in [0.4, 0.5) is 5.13 Å². The first-order valence-electron chi connectivity index (χ1n) is 8.32. The third-order valence-corrected chi connectivity index (χ3v) is 5.81. The minimum absolute atomic E-state index is 0.233. The average Bonchev–Trinajstić information content (AvgIpc) is 3.26. The third-order valence-electron chi connectivity index (χ3n) is 3.81. The molecule has 10 heteroatoms. The summed E-state index contributed by atoms with van der Waals surface area (Å²) in [5, 5.41) is 11.2. The van der Waals surface area contributed by atoms with Crippen LogP contribution in [0.25, 0.3) is 5.65 Å². The summed E-state index contributed by atoms with van der Waals surface area (Å²) in [6, 6.07) is 10.4. The topological polar surface area (TPSA) is 102 Å². The first kappa shape index (κ1) is 18.4. The van der Waals surface area contributed by atoms with E-state index < -0.39 is 0 Å². The summed E-state index contributed by atoms with van der Waals surface area (Å²) in [5.74, 6) is 0.840. The largest absolute Gasteiger partial charge is 0.375 e. The fraction of sp³-hybridized carbons (Fsp3) is 0.167. The van der Waals surface area contributed by atoms with Crippen LogP contribution in [0.15, 0.2) is 50.1 Å². The lowest BCUT2D eigenvalue weighted by atomic mass is 10.1. The number of nitrogens with one attached hydrogen (secondary N) is 1. The molecule has 0 radical (unpaired) electrons. The molecule has 1 N–H and O–H groups in total. The van der Waals surface area contributed by atoms with Crippen LogP contribution in [0.5, 0.6) is 0 Å². The lowest BCUT2D eigenvalue weighted by molar-refractivity contribution is 0.102. The third kappa shape index (κ3) is 3.97. The van der Waals surface area contributed by atoms with E-state index in [1.54, 1.807) is 25.1 Å². The summed E-state index contributed by atoms with van der Waals surface area (Å²) in [6.07, 6.45) is 0. The predicted octanol–water partition coefficient (Wildman–Crippen LogP) is 3.30. The molecule has 0 spiro atoms. The van der Waals surface area contributed by atoms with Crippen molar-refractivity contribution in [2.45, 2.75) is 23.9 Å². The Morgan fingerprint density at radius 2 is 2.00 bits per heavy atom. The Bertz CT molecular complexity index is 1210. The number of rotatable bonds is 5. The molecular formula is C18H15N5O3S2. The van der Waals surface area contributed by atoms with Crippen molar-refractivity contribution < 1.29 is 9.32 Å². The number of hydrogen-bond donors (Lipinski definition) is 1. The second-order valence-electron chi connectivity index (χ2n) is 6.07. The van der Waals surface area contributed by atoms with Crippen LogP contribution in [0.2, 0.25) is 0 Å². The van der Waals surface area contributed by atoms with Crippen molar-refractivity contribution in [1.82, 2.24) is 19.8 Å². The SMILES string of the molecule is Cc1ccc(C(=O)Nc2nnc(SCc3cc(=O)n4oc(C)cc4n3)s2)cc1. The maximum Gasteiger partial charge on any atom is 0.287 e. The molecule has 4 rings (SSSR count). The summed E-state index contributed by atoms with van der Waals surface area (Å²) in [4.78, 5) is 28.7. The monoisotopic (exact) mass is 413 g/mol. The van der Waals surface area contributed by atoms with Gasteiger partial charge in [-0.15, -0.1) is 14.8 Å². The van der Waals surface area contributed by atoms with Gasteiger partial charge in [0.05, 0.1) is 5.69 Å². The summed E-state index contributed by atoms with van der Waals surface area (Å²) in [6.45, 7) is 3.72. The molecule has 4 aromatic rings. The van der Waals surface area contributed by atoms with E-state index in [9.17, 15) is 9.59 Å². The average molecular weight is 413 g/mol. The molecule has 142 valence electrons. The number of fused-ring (bicyclic) bond motifs is 1. The Balaban J connectivity index is 1.41. The molecule has 3 aromatic heterocycles. The van der Waals surface area contributed by atoms with Gasteiger partial charge in [0.1, 0.15) is 5.76 Å². The van der Waals surface area contributed by atoms with Gasteiger partial charge in [-0.05, 0) is 26.0 Å². The van der Waals surface area contributed by atoms with E-state index in [2.05, 4.69) is 20.5 Å². The van der Waals surface area contributed by atoms with Crippen LogP contribution in [-0.2, 0) is 5.75 Å². The van der Waals surface area contributed by atoms with Gasteiger partial charge in [-0.3, -0.25) is 14.9 Å². The summed E-state index contributed by atoms with van der Waals surface area (Å²) in [7, 11) is 0. The van der Waals surface area contributed by atoms with E-state index >= 15 is 0 Å².